The summed E-state index contributed by atoms with van der Waals surface area (Å²) >= 11 is 0. The van der Waals surface area contributed by atoms with Crippen LogP contribution in [0.5, 0.6) is 0 Å². The molecule has 0 aromatic heterocycles. The van der Waals surface area contributed by atoms with Gasteiger partial charge in [0.05, 0.1) is 0 Å². The molecule has 5 heteroatoms. The molecule has 0 unspecified atom stereocenters. The minimum absolute atomic E-state index is 0.195. The Kier molecular flexibility index (Phi) is 4.41. The van der Waals surface area contributed by atoms with Crippen molar-refractivity contribution < 1.29 is 17.2 Å². The Bertz CT molecular complexity index is 785. The first-order valence-corrected chi connectivity index (χ1v) is 9.86. The molecule has 0 spiro atoms. The number of rotatable bonds is 3. The van der Waals surface area contributed by atoms with E-state index in [-0.39, 0.29) is 5.56 Å². The highest BCUT2D eigenvalue weighted by atomic mass is 32.2. The maximum Gasteiger partial charge on any atom is 0.178 e. The van der Waals surface area contributed by atoms with Crippen molar-refractivity contribution >= 4 is 15.4 Å². The molecule has 0 atom stereocenters. The fourth-order valence-electron chi connectivity index (χ4n) is 3.63. The molecule has 2 nitrogen and oxygen atoms in total. The number of halogens is 2. The lowest BCUT2D eigenvalue weighted by Crippen LogP contribution is -2.09. The van der Waals surface area contributed by atoms with Crippen molar-refractivity contribution in [2.45, 2.75) is 43.4 Å². The topological polar surface area (TPSA) is 34.1 Å². The van der Waals surface area contributed by atoms with E-state index in [9.17, 15) is 17.2 Å². The van der Waals surface area contributed by atoms with Crippen molar-refractivity contribution in [3.63, 3.8) is 0 Å². The van der Waals surface area contributed by atoms with Gasteiger partial charge in [-0.2, -0.15) is 0 Å². The monoisotopic (exact) mass is 338 g/mol. The lowest BCUT2D eigenvalue weighted by molar-refractivity contribution is 0.409. The quantitative estimate of drug-likeness (QED) is 0.803. The van der Waals surface area contributed by atoms with Gasteiger partial charge in [0, 0.05) is 11.8 Å². The molecule has 0 bridgehead atoms. The summed E-state index contributed by atoms with van der Waals surface area (Å²) < 4.78 is 51.7. The van der Waals surface area contributed by atoms with Crippen LogP contribution in [0.1, 0.15) is 44.1 Å². The van der Waals surface area contributed by atoms with Crippen molar-refractivity contribution in [3.05, 3.63) is 47.1 Å². The third-order valence-corrected chi connectivity index (χ3v) is 5.87. The zero-order chi connectivity index (χ0) is 16.6. The second-order valence-corrected chi connectivity index (χ2v) is 8.39. The van der Waals surface area contributed by atoms with Crippen LogP contribution in [0.4, 0.5) is 8.78 Å². The van der Waals surface area contributed by atoms with Gasteiger partial charge in [-0.25, -0.2) is 17.2 Å². The van der Waals surface area contributed by atoms with E-state index in [0.717, 1.165) is 42.4 Å². The van der Waals surface area contributed by atoms with Crippen molar-refractivity contribution in [2.24, 2.45) is 5.92 Å². The average molecular weight is 338 g/mol. The van der Waals surface area contributed by atoms with E-state index in [1.807, 2.05) is 12.2 Å². The highest BCUT2D eigenvalue weighted by molar-refractivity contribution is 7.90. The molecule has 0 saturated heterocycles. The summed E-state index contributed by atoms with van der Waals surface area (Å²) in [5.41, 5.74) is 2.09. The number of allylic oxidation sites excluding steroid dienone is 4. The van der Waals surface area contributed by atoms with E-state index < -0.39 is 26.4 Å². The highest BCUT2D eigenvalue weighted by Crippen LogP contribution is 2.40. The molecule has 1 aromatic rings. The summed E-state index contributed by atoms with van der Waals surface area (Å²) in [7, 11) is -3.78. The molecule has 1 fully saturated rings. The Hall–Kier alpha value is -1.49. The zero-order valence-electron chi connectivity index (χ0n) is 13.1. The Balaban J connectivity index is 2.05. The van der Waals surface area contributed by atoms with Gasteiger partial charge >= 0.3 is 0 Å². The second-order valence-electron chi connectivity index (χ2n) is 6.41. The normalized spacial score (nSPS) is 19.6. The van der Waals surface area contributed by atoms with Crippen molar-refractivity contribution in [1.82, 2.24) is 0 Å². The lowest BCUT2D eigenvalue weighted by Gasteiger charge is -2.24. The molecule has 0 amide bonds. The minimum Gasteiger partial charge on any atom is -0.224 e. The van der Waals surface area contributed by atoms with Crippen molar-refractivity contribution in [2.75, 3.05) is 6.26 Å². The van der Waals surface area contributed by atoms with E-state index in [4.69, 9.17) is 0 Å². The van der Waals surface area contributed by atoms with Crippen LogP contribution in [-0.2, 0) is 9.84 Å². The van der Waals surface area contributed by atoms with Crippen LogP contribution in [0, 0.1) is 17.6 Å². The molecule has 0 heterocycles. The molecular formula is C18H20F2O2S. The summed E-state index contributed by atoms with van der Waals surface area (Å²) in [6.07, 6.45) is 11.2. The molecule has 0 aliphatic heterocycles. The predicted octanol–water partition coefficient (Wildman–Crippen LogP) is 4.66. The lowest BCUT2D eigenvalue weighted by atomic mass is 9.81. The van der Waals surface area contributed by atoms with Gasteiger partial charge in [0.15, 0.2) is 9.84 Å². The van der Waals surface area contributed by atoms with Gasteiger partial charge in [0.1, 0.15) is 16.5 Å². The SMILES string of the molecule is CS(=O)(=O)c1cc(F)c(C2=C(C3CCCCC3)C=CC2)cc1F. The molecule has 1 saturated carbocycles. The van der Waals surface area contributed by atoms with Gasteiger partial charge in [-0.15, -0.1) is 0 Å². The summed E-state index contributed by atoms with van der Waals surface area (Å²) in [4.78, 5) is -0.579. The number of sulfone groups is 1. The molecule has 2 aliphatic carbocycles. The number of benzene rings is 1. The van der Waals surface area contributed by atoms with E-state index >= 15 is 0 Å². The molecule has 23 heavy (non-hydrogen) atoms. The Morgan fingerprint density at radius 1 is 1.04 bits per heavy atom. The van der Waals surface area contributed by atoms with E-state index in [0.29, 0.717) is 12.3 Å². The first-order chi connectivity index (χ1) is 10.9. The molecular weight excluding hydrogens is 318 g/mol. The fourth-order valence-corrected chi connectivity index (χ4v) is 4.36. The van der Waals surface area contributed by atoms with Crippen LogP contribution >= 0.6 is 0 Å². The maximum atomic E-state index is 14.5. The van der Waals surface area contributed by atoms with E-state index in [2.05, 4.69) is 0 Å². The molecule has 2 aliphatic rings. The van der Waals surface area contributed by atoms with Crippen LogP contribution in [-0.4, -0.2) is 14.7 Å². The minimum atomic E-state index is -3.78. The van der Waals surface area contributed by atoms with Gasteiger partial charge in [-0.3, -0.25) is 0 Å². The fraction of sp³-hybridized carbons (Fsp3) is 0.444. The average Bonchev–Trinajstić information content (AvgIpc) is 2.98. The summed E-state index contributed by atoms with van der Waals surface area (Å²) in [5.74, 6) is -1.15. The van der Waals surface area contributed by atoms with Crippen LogP contribution in [0.3, 0.4) is 0 Å². The van der Waals surface area contributed by atoms with Gasteiger partial charge in [-0.1, -0.05) is 31.4 Å². The van der Waals surface area contributed by atoms with Crippen LogP contribution in [0.2, 0.25) is 0 Å². The zero-order valence-corrected chi connectivity index (χ0v) is 13.9. The third kappa shape index (κ3) is 3.25. The van der Waals surface area contributed by atoms with Crippen molar-refractivity contribution in [1.29, 1.82) is 0 Å². The van der Waals surface area contributed by atoms with E-state index in [1.54, 1.807) is 0 Å². The molecule has 1 aromatic carbocycles. The Morgan fingerprint density at radius 3 is 2.39 bits per heavy atom. The standard InChI is InChI=1S/C18H20F2O2S/c1-23(21,22)18-11-16(19)15(10-17(18)20)14-9-5-8-13(14)12-6-3-2-4-7-12/h5,8,10-12H,2-4,6-7,9H2,1H3. The second kappa shape index (κ2) is 6.19. The van der Waals surface area contributed by atoms with Crippen LogP contribution in [0.15, 0.2) is 34.8 Å². The van der Waals surface area contributed by atoms with Gasteiger partial charge in [-0.05, 0) is 48.5 Å². The van der Waals surface area contributed by atoms with Gasteiger partial charge in [0.25, 0.3) is 0 Å². The van der Waals surface area contributed by atoms with E-state index in [1.165, 1.54) is 19.3 Å². The molecule has 3 rings (SSSR count). The summed E-state index contributed by atoms with van der Waals surface area (Å²) in [6.45, 7) is 0. The predicted molar refractivity (Wildman–Crippen MR) is 86.7 cm³/mol. The van der Waals surface area contributed by atoms with Gasteiger partial charge < -0.3 is 0 Å². The summed E-state index contributed by atoms with van der Waals surface area (Å²) in [6, 6.07) is 1.85. The molecule has 124 valence electrons. The van der Waals surface area contributed by atoms with Gasteiger partial charge in [0.2, 0.25) is 0 Å². The summed E-state index contributed by atoms with van der Waals surface area (Å²) in [5, 5.41) is 0. The number of hydrogen-bond acceptors (Lipinski definition) is 2. The van der Waals surface area contributed by atoms with Crippen LogP contribution < -0.4 is 0 Å². The Labute approximate surface area is 135 Å². The third-order valence-electron chi connectivity index (χ3n) is 4.76. The Morgan fingerprint density at radius 2 is 1.74 bits per heavy atom. The molecule has 0 radical (unpaired) electrons. The number of hydrogen-bond donors (Lipinski definition) is 0. The van der Waals surface area contributed by atoms with Crippen LogP contribution in [0.25, 0.3) is 5.57 Å². The first kappa shape index (κ1) is 16.4. The maximum absolute atomic E-state index is 14.5. The first-order valence-electron chi connectivity index (χ1n) is 7.97. The smallest absolute Gasteiger partial charge is 0.178 e. The molecule has 0 N–H and O–H groups in total. The largest absolute Gasteiger partial charge is 0.224 e. The van der Waals surface area contributed by atoms with Crippen molar-refractivity contribution in [3.8, 4) is 0 Å². The highest BCUT2D eigenvalue weighted by Gasteiger charge is 2.25.